The summed E-state index contributed by atoms with van der Waals surface area (Å²) in [5.41, 5.74) is 0. The first-order valence-corrected chi connectivity index (χ1v) is 28.6. The maximum atomic E-state index is 13.1. The summed E-state index contributed by atoms with van der Waals surface area (Å²) >= 11 is 0. The first kappa shape index (κ1) is 62.6. The molecule has 1 rings (SSSR count). The minimum absolute atomic E-state index is 0.262. The molecule has 66 heavy (non-hydrogen) atoms. The van der Waals surface area contributed by atoms with Crippen LogP contribution in [0.4, 0.5) is 0 Å². The Morgan fingerprint density at radius 2 is 0.970 bits per heavy atom. The Morgan fingerprint density at radius 1 is 0.591 bits per heavy atom. The number of amides is 1. The molecule has 6 N–H and O–H groups in total. The van der Waals surface area contributed by atoms with Gasteiger partial charge in [0.15, 0.2) is 6.29 Å². The Morgan fingerprint density at radius 3 is 1.36 bits per heavy atom. The predicted molar refractivity (Wildman–Crippen MR) is 269 cm³/mol. The molecule has 7 atom stereocenters. The van der Waals surface area contributed by atoms with Crippen LogP contribution in [0, 0.1) is 0 Å². The molecule has 13 heteroatoms. The van der Waals surface area contributed by atoms with Crippen molar-refractivity contribution in [2.24, 2.45) is 0 Å². The van der Waals surface area contributed by atoms with Gasteiger partial charge in [0.1, 0.15) is 24.4 Å². The molecule has 1 aliphatic heterocycles. The van der Waals surface area contributed by atoms with E-state index in [9.17, 15) is 38.2 Å². The Balaban J connectivity index is 2.29. The third kappa shape index (κ3) is 35.7. The number of aliphatic hydroxyl groups is 4. The molecule has 1 fully saturated rings. The number of aliphatic hydroxyl groups excluding tert-OH is 4. The Bertz CT molecular complexity index is 1270. The number of rotatable bonds is 47. The van der Waals surface area contributed by atoms with Crippen molar-refractivity contribution in [2.45, 2.75) is 294 Å². The highest BCUT2D eigenvalue weighted by Crippen LogP contribution is 2.26. The summed E-state index contributed by atoms with van der Waals surface area (Å²) in [5, 5.41) is 44.7. The zero-order valence-electron chi connectivity index (χ0n) is 42.0. The highest BCUT2D eigenvalue weighted by molar-refractivity contribution is 7.80. The van der Waals surface area contributed by atoms with Crippen molar-refractivity contribution < 1.29 is 51.8 Å². The van der Waals surface area contributed by atoms with Crippen LogP contribution in [0.2, 0.25) is 0 Å². The van der Waals surface area contributed by atoms with E-state index in [1.165, 1.54) is 186 Å². The normalized spacial score (nSPS) is 20.1. The van der Waals surface area contributed by atoms with Crippen LogP contribution in [0.5, 0.6) is 0 Å². The van der Waals surface area contributed by atoms with Gasteiger partial charge in [-0.25, -0.2) is 4.18 Å². The number of ether oxygens (including phenoxy) is 2. The van der Waals surface area contributed by atoms with Crippen molar-refractivity contribution in [3.8, 4) is 0 Å². The van der Waals surface area contributed by atoms with Gasteiger partial charge in [-0.2, -0.15) is 8.42 Å². The van der Waals surface area contributed by atoms with Gasteiger partial charge in [-0.3, -0.25) is 9.35 Å². The fourth-order valence-electron chi connectivity index (χ4n) is 8.74. The number of carbonyl (C=O) groups excluding carboxylic acids is 1. The number of allylic oxidation sites excluding steroid dienone is 3. The van der Waals surface area contributed by atoms with Gasteiger partial charge in [-0.05, 0) is 44.9 Å². The van der Waals surface area contributed by atoms with E-state index in [4.69, 9.17) is 9.47 Å². The maximum Gasteiger partial charge on any atom is 0.397 e. The lowest BCUT2D eigenvalue weighted by Gasteiger charge is -2.41. The molecular weight excluding hydrogens is 859 g/mol. The molecule has 0 aromatic rings. The molecule has 0 aromatic carbocycles. The molecule has 7 unspecified atom stereocenters. The van der Waals surface area contributed by atoms with Gasteiger partial charge in [0, 0.05) is 6.42 Å². The van der Waals surface area contributed by atoms with E-state index in [1.807, 2.05) is 6.08 Å². The number of hydrogen-bond acceptors (Lipinski definition) is 10. The number of hydrogen-bond donors (Lipinski definition) is 6. The highest BCUT2D eigenvalue weighted by atomic mass is 32.3. The monoisotopic (exact) mass is 960 g/mol. The van der Waals surface area contributed by atoms with Crippen molar-refractivity contribution in [2.75, 3.05) is 13.2 Å². The second-order valence-electron chi connectivity index (χ2n) is 19.2. The Kier molecular flexibility index (Phi) is 41.3. The molecule has 1 amide bonds. The van der Waals surface area contributed by atoms with Crippen molar-refractivity contribution in [3.63, 3.8) is 0 Å². The number of carbonyl (C=O) groups is 1. The lowest BCUT2D eigenvalue weighted by Crippen LogP contribution is -2.61. The van der Waals surface area contributed by atoms with Crippen LogP contribution >= 0.6 is 0 Å². The molecule has 0 aromatic heterocycles. The van der Waals surface area contributed by atoms with Crippen LogP contribution in [-0.4, -0.2) is 95.4 Å². The number of nitrogens with one attached hydrogen (secondary N) is 1. The molecule has 12 nitrogen and oxygen atoms in total. The van der Waals surface area contributed by atoms with E-state index in [2.05, 4.69) is 35.5 Å². The van der Waals surface area contributed by atoms with Gasteiger partial charge >= 0.3 is 10.4 Å². The highest BCUT2D eigenvalue weighted by Gasteiger charge is 2.48. The van der Waals surface area contributed by atoms with Gasteiger partial charge in [0.2, 0.25) is 5.91 Å². The van der Waals surface area contributed by atoms with Crippen molar-refractivity contribution in [1.29, 1.82) is 0 Å². The lowest BCUT2D eigenvalue weighted by molar-refractivity contribution is -0.298. The van der Waals surface area contributed by atoms with Crippen LogP contribution in [0.3, 0.4) is 0 Å². The molecule has 1 saturated heterocycles. The quantitative estimate of drug-likeness (QED) is 0.0193. The smallest absolute Gasteiger partial charge is 0.394 e. The summed E-state index contributed by atoms with van der Waals surface area (Å²) < 4.78 is 47.6. The number of unbranched alkanes of at least 4 members (excludes halogenated alkanes) is 33. The van der Waals surface area contributed by atoms with Crippen LogP contribution < -0.4 is 5.32 Å². The third-order valence-corrected chi connectivity index (χ3v) is 13.4. The maximum absolute atomic E-state index is 13.1. The van der Waals surface area contributed by atoms with E-state index < -0.39 is 59.9 Å². The minimum atomic E-state index is -5.08. The largest absolute Gasteiger partial charge is 0.397 e. The molecule has 1 heterocycles. The van der Waals surface area contributed by atoms with E-state index in [-0.39, 0.29) is 18.9 Å². The van der Waals surface area contributed by atoms with Gasteiger partial charge in [0.25, 0.3) is 0 Å². The topological polar surface area (TPSA) is 192 Å². The van der Waals surface area contributed by atoms with Crippen molar-refractivity contribution >= 4 is 16.3 Å². The van der Waals surface area contributed by atoms with E-state index in [1.54, 1.807) is 6.08 Å². The molecule has 0 spiro atoms. The lowest BCUT2D eigenvalue weighted by atomic mass is 9.99. The van der Waals surface area contributed by atoms with Crippen LogP contribution in [0.15, 0.2) is 24.3 Å². The van der Waals surface area contributed by atoms with Crippen LogP contribution in [0.25, 0.3) is 0 Å². The van der Waals surface area contributed by atoms with Gasteiger partial charge < -0.3 is 35.2 Å². The second kappa shape index (κ2) is 43.6. The zero-order valence-corrected chi connectivity index (χ0v) is 42.8. The van der Waals surface area contributed by atoms with Gasteiger partial charge in [-0.15, -0.1) is 0 Å². The summed E-state index contributed by atoms with van der Waals surface area (Å²) in [5.74, 6) is -0.262. The molecule has 0 saturated carbocycles. The first-order chi connectivity index (χ1) is 32.0. The zero-order chi connectivity index (χ0) is 48.4. The van der Waals surface area contributed by atoms with Crippen LogP contribution in [-0.2, 0) is 28.9 Å². The summed E-state index contributed by atoms with van der Waals surface area (Å²) in [6.07, 6.45) is 43.9. The summed E-state index contributed by atoms with van der Waals surface area (Å²) in [4.78, 5) is 13.1. The predicted octanol–water partition coefficient (Wildman–Crippen LogP) is 12.1. The van der Waals surface area contributed by atoms with Crippen molar-refractivity contribution in [1.82, 2.24) is 5.32 Å². The SMILES string of the molecule is CCCCCCCCCCC/C=C/C(O)C(COC1OC(CO)C(O)C(OS(=O)(=O)O)C1O)NC(=O)CCCCCCCCCCCCCC/C=C\CCCCCCCCCCCCCC. The van der Waals surface area contributed by atoms with Gasteiger partial charge in [-0.1, -0.05) is 224 Å². The molecule has 0 radical (unpaired) electrons. The minimum Gasteiger partial charge on any atom is -0.394 e. The fourth-order valence-corrected chi connectivity index (χ4v) is 9.25. The Hall–Kier alpha value is -1.42. The van der Waals surface area contributed by atoms with E-state index >= 15 is 0 Å². The van der Waals surface area contributed by atoms with Crippen molar-refractivity contribution in [3.05, 3.63) is 24.3 Å². The third-order valence-electron chi connectivity index (χ3n) is 13.0. The molecule has 1 aliphatic rings. The second-order valence-corrected chi connectivity index (χ2v) is 20.2. The van der Waals surface area contributed by atoms with E-state index in [0.717, 1.165) is 38.5 Å². The fraction of sp³-hybridized carbons (Fsp3) is 0.906. The first-order valence-electron chi connectivity index (χ1n) is 27.2. The molecule has 390 valence electrons. The van der Waals surface area contributed by atoms with Gasteiger partial charge in [0.05, 0.1) is 25.4 Å². The molecular formula is C53H101NO11S. The Labute approximate surface area is 403 Å². The van der Waals surface area contributed by atoms with Crippen LogP contribution in [0.1, 0.15) is 251 Å². The van der Waals surface area contributed by atoms with E-state index in [0.29, 0.717) is 6.42 Å². The summed E-state index contributed by atoms with van der Waals surface area (Å²) in [6, 6.07) is -0.941. The average molecular weight is 960 g/mol. The average Bonchev–Trinajstić information content (AvgIpc) is 3.29. The summed E-state index contributed by atoms with van der Waals surface area (Å²) in [6.45, 7) is 3.39. The summed E-state index contributed by atoms with van der Waals surface area (Å²) in [7, 11) is -5.08. The standard InChI is InChI=1S/C53H101NO11S/c1-3-5-7-9-11-13-15-16-17-18-19-20-21-22-23-24-25-26-27-28-29-30-31-33-35-37-39-41-43-49(57)54-46(47(56)42-40-38-36-34-32-14-12-10-8-6-4-2)45-63-53-51(59)52(65-66(60,61)62)50(58)48(44-55)64-53/h22-23,40,42,46-48,50-53,55-56,58-59H,3-21,24-39,41,43-45H2,1-2H3,(H,54,57)(H,60,61,62)/b23-22-,42-40+. The molecule has 0 bridgehead atoms. The molecule has 0 aliphatic carbocycles.